The molecule has 1 aromatic rings. The van der Waals surface area contributed by atoms with Crippen molar-refractivity contribution in [1.82, 2.24) is 5.32 Å². The van der Waals surface area contributed by atoms with Crippen LogP contribution in [0.5, 0.6) is 11.5 Å². The SMILES string of the molecule is CCC(C)(C)OC(=O)CCCCC(C)(C)C(C)(C)OC(=O)C(CCCC(C)(C)C(C)(C)OC(=O)C(CCCC(C)(C)O)COCCSCCC(=O)NCCc1ccc(O)c(O)c1)CC1CO1. The summed E-state index contributed by atoms with van der Waals surface area (Å²) < 4.78 is 29.8. The zero-order valence-corrected chi connectivity index (χ0v) is 43.8. The van der Waals surface area contributed by atoms with Crippen LogP contribution >= 0.6 is 11.8 Å². The Morgan fingerprint density at radius 3 is 1.91 bits per heavy atom. The minimum atomic E-state index is -0.861. The highest BCUT2D eigenvalue weighted by Crippen LogP contribution is 2.42. The van der Waals surface area contributed by atoms with E-state index in [2.05, 4.69) is 33.0 Å². The van der Waals surface area contributed by atoms with Gasteiger partial charge >= 0.3 is 17.9 Å². The Bertz CT molecular complexity index is 1660. The highest BCUT2D eigenvalue weighted by molar-refractivity contribution is 7.99. The molecule has 3 atom stereocenters. The van der Waals surface area contributed by atoms with Crippen molar-refractivity contribution in [1.29, 1.82) is 0 Å². The van der Waals surface area contributed by atoms with Crippen molar-refractivity contribution >= 4 is 35.6 Å². The number of aromatic hydroxyl groups is 2. The standard InChI is InChI=1S/C52H89NO12S/c1-14-50(8,9)63-44(57)21-15-16-26-47(2,3)51(10,11)64-45(58)38(34-40-36-62-40)19-17-27-48(4,5)52(12,13)65-46(59)39(20-18-28-49(6,7)60)35-61-30-32-66-31-25-43(56)53-29-24-37-22-23-41(54)42(55)33-37/h22-23,33,38-40,54-55,60H,14-21,24-32,34-36H2,1-13H3,(H,53,56). The highest BCUT2D eigenvalue weighted by atomic mass is 32.2. The van der Waals surface area contributed by atoms with Gasteiger partial charge in [0.25, 0.3) is 0 Å². The molecule has 0 radical (unpaired) electrons. The molecule has 1 aliphatic rings. The van der Waals surface area contributed by atoms with Gasteiger partial charge in [0.15, 0.2) is 11.5 Å². The van der Waals surface area contributed by atoms with Crippen molar-refractivity contribution in [3.05, 3.63) is 23.8 Å². The van der Waals surface area contributed by atoms with Gasteiger partial charge in [0.05, 0.1) is 43.4 Å². The van der Waals surface area contributed by atoms with Crippen molar-refractivity contribution in [2.24, 2.45) is 22.7 Å². The predicted molar refractivity (Wildman–Crippen MR) is 261 cm³/mol. The zero-order valence-electron chi connectivity index (χ0n) is 43.0. The molecule has 1 amide bonds. The highest BCUT2D eigenvalue weighted by Gasteiger charge is 2.44. The van der Waals surface area contributed by atoms with Crippen LogP contribution in [0.1, 0.15) is 179 Å². The number of phenols is 2. The summed E-state index contributed by atoms with van der Waals surface area (Å²) in [6.45, 7) is 27.2. The van der Waals surface area contributed by atoms with Gasteiger partial charge in [-0.2, -0.15) is 11.8 Å². The lowest BCUT2D eigenvalue weighted by molar-refractivity contribution is -0.177. The van der Waals surface area contributed by atoms with E-state index in [0.717, 1.165) is 31.2 Å². The monoisotopic (exact) mass is 952 g/mol. The third-order valence-electron chi connectivity index (χ3n) is 13.9. The van der Waals surface area contributed by atoms with Gasteiger partial charge in [-0.3, -0.25) is 19.2 Å². The Balaban J connectivity index is 1.89. The fourth-order valence-corrected chi connectivity index (χ4v) is 8.05. The van der Waals surface area contributed by atoms with E-state index in [-0.39, 0.29) is 59.4 Å². The van der Waals surface area contributed by atoms with Gasteiger partial charge in [0, 0.05) is 41.7 Å². The molecule has 1 saturated heterocycles. The quantitative estimate of drug-likeness (QED) is 0.0168. The second kappa shape index (κ2) is 26.6. The maximum Gasteiger partial charge on any atom is 0.311 e. The molecule has 1 aliphatic heterocycles. The number of aliphatic hydroxyl groups is 1. The number of carbonyl (C=O) groups excluding carboxylic acids is 4. The third kappa shape index (κ3) is 22.4. The molecule has 1 fully saturated rings. The number of benzene rings is 1. The van der Waals surface area contributed by atoms with E-state index in [9.17, 15) is 34.5 Å². The van der Waals surface area contributed by atoms with Crippen molar-refractivity contribution in [2.75, 3.05) is 37.9 Å². The summed E-state index contributed by atoms with van der Waals surface area (Å²) in [6.07, 6.45) is 8.63. The topological polar surface area (TPSA) is 190 Å². The van der Waals surface area contributed by atoms with Crippen LogP contribution in [0.2, 0.25) is 0 Å². The Hall–Kier alpha value is -3.07. The molecule has 0 aliphatic carbocycles. The van der Waals surface area contributed by atoms with Crippen molar-refractivity contribution in [3.8, 4) is 11.5 Å². The third-order valence-corrected chi connectivity index (χ3v) is 14.8. The number of phenolic OH excluding ortho intramolecular Hbond substituents is 2. The minimum Gasteiger partial charge on any atom is -0.504 e. The van der Waals surface area contributed by atoms with E-state index in [1.165, 1.54) is 12.1 Å². The van der Waals surface area contributed by atoms with Crippen molar-refractivity contribution in [2.45, 2.75) is 208 Å². The summed E-state index contributed by atoms with van der Waals surface area (Å²) in [5.74, 6) is -0.774. The van der Waals surface area contributed by atoms with Gasteiger partial charge in [0.2, 0.25) is 5.91 Å². The Morgan fingerprint density at radius 1 is 0.758 bits per heavy atom. The van der Waals surface area contributed by atoms with Gasteiger partial charge < -0.3 is 44.3 Å². The summed E-state index contributed by atoms with van der Waals surface area (Å²) >= 11 is 1.59. The molecule has 66 heavy (non-hydrogen) atoms. The molecule has 1 aromatic carbocycles. The molecule has 14 heteroatoms. The number of ether oxygens (including phenoxy) is 5. The van der Waals surface area contributed by atoms with Gasteiger partial charge in [-0.15, -0.1) is 0 Å². The zero-order chi connectivity index (χ0) is 50.0. The molecule has 0 spiro atoms. The van der Waals surface area contributed by atoms with Crippen LogP contribution in [0.15, 0.2) is 18.2 Å². The number of thioether (sulfide) groups is 1. The van der Waals surface area contributed by atoms with E-state index in [1.54, 1.807) is 31.7 Å². The van der Waals surface area contributed by atoms with Crippen LogP contribution in [0.25, 0.3) is 0 Å². The average molecular weight is 952 g/mol. The molecule has 2 rings (SSSR count). The van der Waals surface area contributed by atoms with Crippen LogP contribution in [0.3, 0.4) is 0 Å². The van der Waals surface area contributed by atoms with Gasteiger partial charge in [-0.05, 0) is 137 Å². The van der Waals surface area contributed by atoms with Crippen LogP contribution in [-0.4, -0.2) is 106 Å². The first-order valence-corrected chi connectivity index (χ1v) is 25.6. The van der Waals surface area contributed by atoms with E-state index < -0.39 is 33.7 Å². The molecule has 0 aromatic heterocycles. The number of hydrogen-bond acceptors (Lipinski definition) is 13. The second-order valence-electron chi connectivity index (χ2n) is 22.0. The lowest BCUT2D eigenvalue weighted by Crippen LogP contribution is -2.45. The largest absolute Gasteiger partial charge is 0.504 e. The van der Waals surface area contributed by atoms with Crippen LogP contribution in [0, 0.1) is 22.7 Å². The van der Waals surface area contributed by atoms with Gasteiger partial charge in [-0.25, -0.2) is 0 Å². The van der Waals surface area contributed by atoms with Crippen LogP contribution in [0.4, 0.5) is 0 Å². The van der Waals surface area contributed by atoms with E-state index in [4.69, 9.17) is 23.7 Å². The first-order valence-electron chi connectivity index (χ1n) is 24.4. The first kappa shape index (κ1) is 59.1. The lowest BCUT2D eigenvalue weighted by atomic mass is 9.72. The summed E-state index contributed by atoms with van der Waals surface area (Å²) in [4.78, 5) is 52.4. The van der Waals surface area contributed by atoms with Crippen molar-refractivity contribution in [3.63, 3.8) is 0 Å². The maximum absolute atomic E-state index is 13.9. The normalized spacial score (nSPS) is 15.8. The van der Waals surface area contributed by atoms with Crippen LogP contribution in [-0.2, 0) is 49.3 Å². The second-order valence-corrected chi connectivity index (χ2v) is 23.2. The number of carbonyl (C=O) groups is 4. The molecule has 1 heterocycles. The summed E-state index contributed by atoms with van der Waals surface area (Å²) in [7, 11) is 0. The molecule has 3 unspecified atom stereocenters. The molecular weight excluding hydrogens is 863 g/mol. The molecule has 380 valence electrons. The maximum atomic E-state index is 13.9. The Labute approximate surface area is 401 Å². The lowest BCUT2D eigenvalue weighted by Gasteiger charge is -2.42. The number of epoxide rings is 1. The Morgan fingerprint density at radius 2 is 1.33 bits per heavy atom. The summed E-state index contributed by atoms with van der Waals surface area (Å²) in [6, 6.07) is 4.61. The molecule has 13 nitrogen and oxygen atoms in total. The summed E-state index contributed by atoms with van der Waals surface area (Å²) in [5.41, 5.74) is -2.89. The smallest absolute Gasteiger partial charge is 0.311 e. The molecule has 0 bridgehead atoms. The van der Waals surface area contributed by atoms with Crippen molar-refractivity contribution < 1.29 is 58.2 Å². The van der Waals surface area contributed by atoms with E-state index in [1.807, 2.05) is 48.5 Å². The van der Waals surface area contributed by atoms with Crippen LogP contribution < -0.4 is 5.32 Å². The average Bonchev–Trinajstić information content (AvgIpc) is 4.02. The number of nitrogens with one attached hydrogen (secondary N) is 1. The first-order chi connectivity index (χ1) is 30.5. The number of amides is 1. The predicted octanol–water partition coefficient (Wildman–Crippen LogP) is 10.0. The van der Waals surface area contributed by atoms with E-state index in [0.29, 0.717) is 95.5 Å². The summed E-state index contributed by atoms with van der Waals surface area (Å²) in [5, 5.41) is 32.4. The number of rotatable bonds is 34. The number of esters is 3. The Kier molecular flexibility index (Phi) is 23.8. The van der Waals surface area contributed by atoms with Gasteiger partial charge in [0.1, 0.15) is 16.8 Å². The minimum absolute atomic E-state index is 0.0503. The molecular formula is C52H89NO12S. The fraction of sp³-hybridized carbons (Fsp3) is 0.808. The molecule has 4 N–H and O–H groups in total. The van der Waals surface area contributed by atoms with Gasteiger partial charge in [-0.1, -0.05) is 53.5 Å². The van der Waals surface area contributed by atoms with E-state index >= 15 is 0 Å². The number of unbranched alkanes of at least 4 members (excludes halogenated alkanes) is 1. The molecule has 0 saturated carbocycles. The number of hydrogen-bond donors (Lipinski definition) is 4. The fourth-order valence-electron chi connectivity index (χ4n) is 7.28.